The van der Waals surface area contributed by atoms with Crippen molar-refractivity contribution in [1.29, 1.82) is 0 Å². The molecule has 0 aliphatic heterocycles. The molecule has 0 unspecified atom stereocenters. The highest BCUT2D eigenvalue weighted by Gasteiger charge is 2.14. The molecule has 2 aromatic rings. The van der Waals surface area contributed by atoms with Crippen LogP contribution in [0.2, 0.25) is 0 Å². The van der Waals surface area contributed by atoms with Crippen molar-refractivity contribution in [2.75, 3.05) is 13.2 Å². The highest BCUT2D eigenvalue weighted by molar-refractivity contribution is 7.96. The molecule has 0 fully saturated rings. The zero-order chi connectivity index (χ0) is 20.5. The average Bonchev–Trinajstić information content (AvgIpc) is 2.67. The van der Waals surface area contributed by atoms with Gasteiger partial charge in [0.15, 0.2) is 0 Å². The van der Waals surface area contributed by atoms with Gasteiger partial charge in [0.2, 0.25) is 0 Å². The van der Waals surface area contributed by atoms with Gasteiger partial charge in [-0.1, -0.05) is 64.1 Å². The summed E-state index contributed by atoms with van der Waals surface area (Å²) in [4.78, 5) is 1.56. The molecule has 0 aliphatic carbocycles. The largest absolute Gasteiger partial charge is 0.493 e. The molecule has 2 rings (SSSR count). The van der Waals surface area contributed by atoms with Crippen molar-refractivity contribution in [1.82, 2.24) is 0 Å². The molecule has 4 heteroatoms. The first kappa shape index (κ1) is 22.8. The Balaban J connectivity index is 2.28. The Morgan fingerprint density at radius 2 is 1.04 bits per heavy atom. The molecule has 0 aliphatic rings. The maximum atomic E-state index is 6.03. The molecule has 0 spiro atoms. The predicted octanol–water partition coefficient (Wildman–Crippen LogP) is 7.22. The van der Waals surface area contributed by atoms with E-state index in [0.717, 1.165) is 45.3 Å². The Hall–Kier alpha value is -1.52. The zero-order valence-electron chi connectivity index (χ0n) is 17.3. The summed E-state index contributed by atoms with van der Waals surface area (Å²) in [7, 11) is 0. The molecule has 0 atom stereocenters. The lowest BCUT2D eigenvalue weighted by Gasteiger charge is -2.16. The summed E-state index contributed by atoms with van der Waals surface area (Å²) in [5.74, 6) is 2.87. The predicted molar refractivity (Wildman–Crippen MR) is 128 cm³/mol. The van der Waals surface area contributed by atoms with Crippen molar-refractivity contribution in [2.45, 2.75) is 40.5 Å². The van der Waals surface area contributed by atoms with Crippen molar-refractivity contribution in [3.63, 3.8) is 0 Å². The van der Waals surface area contributed by atoms with Crippen molar-refractivity contribution in [2.24, 2.45) is 11.8 Å². The van der Waals surface area contributed by atoms with Gasteiger partial charge < -0.3 is 9.47 Å². The van der Waals surface area contributed by atoms with Crippen LogP contribution in [-0.2, 0) is 0 Å². The third-order valence-electron chi connectivity index (χ3n) is 4.41. The van der Waals surface area contributed by atoms with Gasteiger partial charge in [-0.15, -0.1) is 25.3 Å². The number of rotatable bonds is 10. The third kappa shape index (κ3) is 6.82. The van der Waals surface area contributed by atoms with Gasteiger partial charge in [0.05, 0.1) is 13.2 Å². The number of hydrogen-bond donors (Lipinski definition) is 2. The molecule has 28 heavy (non-hydrogen) atoms. The lowest BCUT2D eigenvalue weighted by Crippen LogP contribution is -2.03. The van der Waals surface area contributed by atoms with Crippen LogP contribution in [0.25, 0.3) is 9.81 Å². The molecule has 0 N–H and O–H groups in total. The lowest BCUT2D eigenvalue weighted by atomic mass is 10.1. The third-order valence-corrected chi connectivity index (χ3v) is 5.52. The van der Waals surface area contributed by atoms with E-state index in [1.807, 2.05) is 48.5 Å². The second kappa shape index (κ2) is 11.5. The minimum absolute atomic E-state index is 0.605. The highest BCUT2D eigenvalue weighted by Crippen LogP contribution is 2.39. The number of para-hydroxylation sites is 2. The van der Waals surface area contributed by atoms with Gasteiger partial charge >= 0.3 is 0 Å². The molecule has 2 aromatic carbocycles. The summed E-state index contributed by atoms with van der Waals surface area (Å²) < 4.78 is 12.1. The minimum atomic E-state index is 0.605. The van der Waals surface area contributed by atoms with Crippen LogP contribution in [0.5, 0.6) is 11.5 Å². The van der Waals surface area contributed by atoms with Crippen LogP contribution in [0.15, 0.2) is 48.5 Å². The van der Waals surface area contributed by atoms with Crippen LogP contribution in [0.4, 0.5) is 0 Å². The van der Waals surface area contributed by atoms with Gasteiger partial charge in [-0.05, 0) is 36.8 Å². The first-order valence-electron chi connectivity index (χ1n) is 9.96. The van der Waals surface area contributed by atoms with E-state index in [1.54, 1.807) is 0 Å². The molecule has 0 aromatic heterocycles. The van der Waals surface area contributed by atoms with Crippen LogP contribution in [0.3, 0.4) is 0 Å². The molecule has 0 amide bonds. The summed E-state index contributed by atoms with van der Waals surface area (Å²) in [5.41, 5.74) is 1.88. The number of ether oxygens (including phenoxy) is 2. The summed E-state index contributed by atoms with van der Waals surface area (Å²) >= 11 is 9.59. The van der Waals surface area contributed by atoms with Crippen LogP contribution >= 0.6 is 25.3 Å². The topological polar surface area (TPSA) is 18.5 Å². The molecular weight excluding hydrogens is 384 g/mol. The summed E-state index contributed by atoms with van der Waals surface area (Å²) in [6.07, 6.45) is 2.03. The normalized spacial score (nSPS) is 12.3. The van der Waals surface area contributed by atoms with Crippen LogP contribution in [-0.4, -0.2) is 13.2 Å². The van der Waals surface area contributed by atoms with E-state index in [0.29, 0.717) is 25.0 Å². The fraction of sp³-hybridized carbons (Fsp3) is 0.417. The van der Waals surface area contributed by atoms with E-state index in [2.05, 4.69) is 27.7 Å². The fourth-order valence-corrected chi connectivity index (χ4v) is 3.25. The number of thiol groups is 2. The van der Waals surface area contributed by atoms with E-state index in [9.17, 15) is 0 Å². The first-order valence-corrected chi connectivity index (χ1v) is 10.9. The average molecular weight is 417 g/mol. The van der Waals surface area contributed by atoms with Crippen molar-refractivity contribution < 1.29 is 9.47 Å². The summed E-state index contributed by atoms with van der Waals surface area (Å²) in [6.45, 7) is 10.2. The van der Waals surface area contributed by atoms with Gasteiger partial charge in [-0.25, -0.2) is 0 Å². The molecular formula is C24H32O2S2. The van der Waals surface area contributed by atoms with Crippen molar-refractivity contribution in [3.8, 4) is 11.5 Å². The summed E-state index contributed by atoms with van der Waals surface area (Å²) in [6, 6.07) is 16.0. The van der Waals surface area contributed by atoms with Crippen LogP contribution in [0.1, 0.15) is 51.7 Å². The molecule has 152 valence electrons. The molecule has 0 heterocycles. The fourth-order valence-electron chi connectivity index (χ4n) is 2.64. The van der Waals surface area contributed by atoms with E-state index < -0.39 is 0 Å². The number of hydrogen-bond acceptors (Lipinski definition) is 4. The SMILES string of the molecule is CC(C)CCOc1ccccc1C(S)=C(S)c1ccccc1OCCC(C)C. The van der Waals surface area contributed by atoms with E-state index in [1.165, 1.54) is 0 Å². The monoisotopic (exact) mass is 416 g/mol. The summed E-state index contributed by atoms with van der Waals surface area (Å²) in [5, 5.41) is 0. The molecule has 2 nitrogen and oxygen atoms in total. The van der Waals surface area contributed by atoms with Gasteiger partial charge in [-0.3, -0.25) is 0 Å². The lowest BCUT2D eigenvalue weighted by molar-refractivity contribution is 0.288. The minimum Gasteiger partial charge on any atom is -0.493 e. The Morgan fingerprint density at radius 1 is 0.679 bits per heavy atom. The van der Waals surface area contributed by atoms with Gasteiger partial charge in [0, 0.05) is 20.9 Å². The van der Waals surface area contributed by atoms with Crippen molar-refractivity contribution >= 4 is 35.1 Å². The van der Waals surface area contributed by atoms with Crippen molar-refractivity contribution in [3.05, 3.63) is 59.7 Å². The van der Waals surface area contributed by atoms with Gasteiger partial charge in [-0.2, -0.15) is 0 Å². The zero-order valence-corrected chi connectivity index (χ0v) is 19.1. The maximum absolute atomic E-state index is 6.03. The van der Waals surface area contributed by atoms with E-state index in [4.69, 9.17) is 34.7 Å². The Labute approximate surface area is 181 Å². The second-order valence-corrected chi connectivity index (χ2v) is 8.65. The molecule has 0 radical (unpaired) electrons. The highest BCUT2D eigenvalue weighted by atomic mass is 32.1. The van der Waals surface area contributed by atoms with Gasteiger partial charge in [0.25, 0.3) is 0 Å². The Morgan fingerprint density at radius 3 is 1.39 bits per heavy atom. The quantitative estimate of drug-likeness (QED) is 0.314. The second-order valence-electron chi connectivity index (χ2n) is 7.75. The van der Waals surface area contributed by atoms with E-state index >= 15 is 0 Å². The number of benzene rings is 2. The molecule has 0 bridgehead atoms. The Kier molecular flexibility index (Phi) is 9.33. The first-order chi connectivity index (χ1) is 13.4. The molecule has 0 saturated heterocycles. The standard InChI is InChI=1S/C24H32O2S2/c1-17(2)13-15-25-21-11-7-5-9-19(21)23(27)24(28)20-10-6-8-12-22(20)26-16-14-18(3)4/h5-12,17-18,27-28H,13-16H2,1-4H3. The van der Waals surface area contributed by atoms with Crippen LogP contribution < -0.4 is 9.47 Å². The van der Waals surface area contributed by atoms with Gasteiger partial charge in [0.1, 0.15) is 11.5 Å². The van der Waals surface area contributed by atoms with Crippen LogP contribution in [0, 0.1) is 11.8 Å². The Bertz CT molecular complexity index is 716. The van der Waals surface area contributed by atoms with E-state index in [-0.39, 0.29) is 0 Å². The molecule has 0 saturated carbocycles. The smallest absolute Gasteiger partial charge is 0.127 e. The maximum Gasteiger partial charge on any atom is 0.127 e.